The van der Waals surface area contributed by atoms with Crippen LogP contribution in [0.4, 0.5) is 0 Å². The molecule has 0 spiro atoms. The van der Waals surface area contributed by atoms with Gasteiger partial charge in [-0.2, -0.15) is 0 Å². The van der Waals surface area contributed by atoms with E-state index in [1.54, 1.807) is 10.6 Å². The lowest BCUT2D eigenvalue weighted by Gasteiger charge is -2.29. The fourth-order valence-electron chi connectivity index (χ4n) is 4.45. The van der Waals surface area contributed by atoms with Gasteiger partial charge in [-0.15, -0.1) is 0 Å². The van der Waals surface area contributed by atoms with Gasteiger partial charge in [0.15, 0.2) is 0 Å². The molecule has 1 N–H and O–H groups in total. The van der Waals surface area contributed by atoms with E-state index < -0.39 is 12.1 Å². The number of hydrogen-bond donors (Lipinski definition) is 1. The van der Waals surface area contributed by atoms with E-state index in [4.69, 9.17) is 0 Å². The van der Waals surface area contributed by atoms with Gasteiger partial charge >= 0.3 is 0 Å². The SMILES string of the molecule is O=c1cc(-c2ccccc2)cc(-c2ccccc2)n1C(c1ccccc1)C(O)c1ccccc1. The van der Waals surface area contributed by atoms with E-state index in [0.29, 0.717) is 0 Å². The number of aliphatic hydroxyl groups excluding tert-OH is 1. The minimum absolute atomic E-state index is 0.163. The second-order valence-corrected chi connectivity index (χ2v) is 8.28. The molecule has 0 fully saturated rings. The van der Waals surface area contributed by atoms with E-state index in [2.05, 4.69) is 0 Å². The summed E-state index contributed by atoms with van der Waals surface area (Å²) >= 11 is 0. The molecule has 5 aromatic rings. The molecule has 166 valence electrons. The number of aliphatic hydroxyl groups is 1. The first-order valence-corrected chi connectivity index (χ1v) is 11.4. The van der Waals surface area contributed by atoms with Gasteiger partial charge in [0.1, 0.15) is 6.10 Å². The van der Waals surface area contributed by atoms with Crippen LogP contribution in [0, 0.1) is 0 Å². The average molecular weight is 444 g/mol. The van der Waals surface area contributed by atoms with Gasteiger partial charge in [0.05, 0.1) is 11.7 Å². The summed E-state index contributed by atoms with van der Waals surface area (Å²) in [6.07, 6.45) is -0.911. The van der Waals surface area contributed by atoms with Crippen LogP contribution in [0.3, 0.4) is 0 Å². The summed E-state index contributed by atoms with van der Waals surface area (Å²) in [4.78, 5) is 13.8. The van der Waals surface area contributed by atoms with Gasteiger partial charge in [0, 0.05) is 6.07 Å². The molecule has 0 saturated heterocycles. The summed E-state index contributed by atoms with van der Waals surface area (Å²) in [5, 5.41) is 11.6. The van der Waals surface area contributed by atoms with Gasteiger partial charge in [-0.3, -0.25) is 9.36 Å². The van der Waals surface area contributed by atoms with Crippen molar-refractivity contribution in [2.24, 2.45) is 0 Å². The van der Waals surface area contributed by atoms with Crippen molar-refractivity contribution in [3.63, 3.8) is 0 Å². The van der Waals surface area contributed by atoms with Crippen LogP contribution in [-0.4, -0.2) is 9.67 Å². The monoisotopic (exact) mass is 443 g/mol. The molecule has 3 nitrogen and oxygen atoms in total. The van der Waals surface area contributed by atoms with Crippen molar-refractivity contribution in [2.45, 2.75) is 12.1 Å². The largest absolute Gasteiger partial charge is 0.386 e. The Labute approximate surface area is 199 Å². The summed E-state index contributed by atoms with van der Waals surface area (Å²) < 4.78 is 1.73. The maximum absolute atomic E-state index is 13.8. The Kier molecular flexibility index (Phi) is 6.19. The van der Waals surface area contributed by atoms with E-state index in [1.807, 2.05) is 127 Å². The molecule has 0 aliphatic rings. The molecular formula is C31H25NO2. The Balaban J connectivity index is 1.78. The predicted octanol–water partition coefficient (Wildman–Crippen LogP) is 6.51. The minimum Gasteiger partial charge on any atom is -0.386 e. The maximum atomic E-state index is 13.8. The highest BCUT2D eigenvalue weighted by Crippen LogP contribution is 2.36. The summed E-state index contributed by atoms with van der Waals surface area (Å²) in [5.41, 5.74) is 4.96. The normalized spacial score (nSPS) is 12.7. The third kappa shape index (κ3) is 4.34. The van der Waals surface area contributed by atoms with Crippen molar-refractivity contribution in [2.75, 3.05) is 0 Å². The van der Waals surface area contributed by atoms with E-state index in [-0.39, 0.29) is 5.56 Å². The van der Waals surface area contributed by atoms with Gasteiger partial charge in [-0.1, -0.05) is 121 Å². The molecule has 0 radical (unpaired) electrons. The van der Waals surface area contributed by atoms with Crippen molar-refractivity contribution in [1.82, 2.24) is 4.57 Å². The minimum atomic E-state index is -0.911. The Morgan fingerprint density at radius 3 is 1.56 bits per heavy atom. The average Bonchev–Trinajstić information content (AvgIpc) is 2.91. The third-order valence-corrected chi connectivity index (χ3v) is 6.10. The molecule has 0 aliphatic carbocycles. The Morgan fingerprint density at radius 1 is 0.529 bits per heavy atom. The van der Waals surface area contributed by atoms with E-state index in [9.17, 15) is 9.90 Å². The number of rotatable bonds is 6. The first kappa shape index (κ1) is 21.6. The van der Waals surface area contributed by atoms with Crippen LogP contribution in [0.5, 0.6) is 0 Å². The highest BCUT2D eigenvalue weighted by molar-refractivity contribution is 5.71. The van der Waals surface area contributed by atoms with Crippen LogP contribution in [0.1, 0.15) is 23.3 Å². The highest BCUT2D eigenvalue weighted by atomic mass is 16.3. The molecule has 2 atom stereocenters. The molecule has 34 heavy (non-hydrogen) atoms. The molecule has 1 aromatic heterocycles. The molecule has 5 rings (SSSR count). The molecule has 2 unspecified atom stereocenters. The van der Waals surface area contributed by atoms with E-state index in [0.717, 1.165) is 33.5 Å². The molecule has 1 heterocycles. The Hall–Kier alpha value is -4.21. The number of hydrogen-bond acceptors (Lipinski definition) is 2. The van der Waals surface area contributed by atoms with Crippen LogP contribution >= 0.6 is 0 Å². The van der Waals surface area contributed by atoms with Gasteiger partial charge < -0.3 is 5.11 Å². The van der Waals surface area contributed by atoms with Crippen LogP contribution < -0.4 is 5.56 Å². The summed E-state index contributed by atoms with van der Waals surface area (Å²) in [7, 11) is 0. The van der Waals surface area contributed by atoms with Gasteiger partial charge in [0.2, 0.25) is 0 Å². The number of nitrogens with zero attached hydrogens (tertiary/aromatic N) is 1. The van der Waals surface area contributed by atoms with Crippen molar-refractivity contribution < 1.29 is 5.11 Å². The van der Waals surface area contributed by atoms with Gasteiger partial charge in [-0.25, -0.2) is 0 Å². The zero-order valence-corrected chi connectivity index (χ0v) is 18.7. The van der Waals surface area contributed by atoms with Crippen LogP contribution in [0.2, 0.25) is 0 Å². The van der Waals surface area contributed by atoms with Crippen LogP contribution in [0.15, 0.2) is 138 Å². The van der Waals surface area contributed by atoms with Crippen molar-refractivity contribution in [3.05, 3.63) is 155 Å². The lowest BCUT2D eigenvalue weighted by Crippen LogP contribution is -2.30. The van der Waals surface area contributed by atoms with Crippen molar-refractivity contribution >= 4 is 0 Å². The van der Waals surface area contributed by atoms with E-state index in [1.165, 1.54) is 0 Å². The Morgan fingerprint density at radius 2 is 1.00 bits per heavy atom. The molecule has 0 amide bonds. The molecule has 0 bridgehead atoms. The zero-order chi connectivity index (χ0) is 23.3. The van der Waals surface area contributed by atoms with Crippen molar-refractivity contribution in [3.8, 4) is 22.4 Å². The maximum Gasteiger partial charge on any atom is 0.252 e. The topological polar surface area (TPSA) is 42.2 Å². The summed E-state index contributed by atoms with van der Waals surface area (Å²) in [5.74, 6) is 0. The number of pyridine rings is 1. The Bertz CT molecular complexity index is 1410. The van der Waals surface area contributed by atoms with E-state index >= 15 is 0 Å². The first-order valence-electron chi connectivity index (χ1n) is 11.4. The standard InChI is InChI=1S/C31H25NO2/c33-29-22-27(23-13-5-1-6-14-23)21-28(24-15-7-2-8-16-24)32(29)30(25-17-9-3-10-18-25)31(34)26-19-11-4-12-20-26/h1-22,30-31,34H. The fraction of sp³-hybridized carbons (Fsp3) is 0.0645. The summed E-state index contributed by atoms with van der Waals surface area (Å²) in [6, 6.07) is 42.1. The zero-order valence-electron chi connectivity index (χ0n) is 18.7. The van der Waals surface area contributed by atoms with Gasteiger partial charge in [0.25, 0.3) is 5.56 Å². The number of benzene rings is 4. The molecule has 3 heteroatoms. The highest BCUT2D eigenvalue weighted by Gasteiger charge is 2.28. The van der Waals surface area contributed by atoms with Crippen LogP contribution in [0.25, 0.3) is 22.4 Å². The number of aromatic nitrogens is 1. The second kappa shape index (κ2) is 9.74. The lowest BCUT2D eigenvalue weighted by atomic mass is 9.93. The lowest BCUT2D eigenvalue weighted by molar-refractivity contribution is 0.130. The smallest absolute Gasteiger partial charge is 0.252 e. The second-order valence-electron chi connectivity index (χ2n) is 8.28. The molecular weight excluding hydrogens is 418 g/mol. The molecule has 0 saturated carbocycles. The third-order valence-electron chi connectivity index (χ3n) is 6.10. The quantitative estimate of drug-likeness (QED) is 0.325. The van der Waals surface area contributed by atoms with Crippen LogP contribution in [-0.2, 0) is 0 Å². The molecule has 0 aliphatic heterocycles. The fourth-order valence-corrected chi connectivity index (χ4v) is 4.45. The molecule has 4 aromatic carbocycles. The first-order chi connectivity index (χ1) is 16.7. The summed E-state index contributed by atoms with van der Waals surface area (Å²) in [6.45, 7) is 0. The van der Waals surface area contributed by atoms with Crippen molar-refractivity contribution in [1.29, 1.82) is 0 Å². The van der Waals surface area contributed by atoms with Gasteiger partial charge in [-0.05, 0) is 33.9 Å². The predicted molar refractivity (Wildman–Crippen MR) is 138 cm³/mol.